The number of rotatable bonds is 9. The number of carbonyl (C=O) groups is 4. The Bertz CT molecular complexity index is 1190. The van der Waals surface area contributed by atoms with Crippen LogP contribution in [0.4, 0.5) is 0 Å². The average molecular weight is 516 g/mol. The third-order valence-corrected chi connectivity index (χ3v) is 7.25. The summed E-state index contributed by atoms with van der Waals surface area (Å²) in [6.07, 6.45) is 0. The van der Waals surface area contributed by atoms with Crippen molar-refractivity contribution in [3.63, 3.8) is 0 Å². The molecule has 2 atom stereocenters. The van der Waals surface area contributed by atoms with Crippen LogP contribution in [0.5, 0.6) is 0 Å². The monoisotopic (exact) mass is 515 g/mol. The smallest absolute Gasteiger partial charge is 0.352 e. The number of amides is 2. The van der Waals surface area contributed by atoms with Crippen LogP contribution in [-0.4, -0.2) is 63.2 Å². The Morgan fingerprint density at radius 3 is 2.63 bits per heavy atom. The molecule has 0 radical (unpaired) electrons. The van der Waals surface area contributed by atoms with Crippen LogP contribution >= 0.6 is 23.1 Å². The molecule has 3 heterocycles. The number of hydrogen-bond donors (Lipinski definition) is 2. The summed E-state index contributed by atoms with van der Waals surface area (Å²) >= 11 is 2.66. The molecule has 1 saturated heterocycles. The number of ether oxygens (including phenoxy) is 1. The summed E-state index contributed by atoms with van der Waals surface area (Å²) in [7, 11) is 0. The summed E-state index contributed by atoms with van der Waals surface area (Å²) in [6.45, 7) is 1.16. The summed E-state index contributed by atoms with van der Waals surface area (Å²) < 4.78 is 4.93. The Balaban J connectivity index is 1.48. The number of esters is 1. The van der Waals surface area contributed by atoms with E-state index in [0.29, 0.717) is 11.1 Å². The third-order valence-electron chi connectivity index (χ3n) is 5.23. The van der Waals surface area contributed by atoms with E-state index >= 15 is 0 Å². The van der Waals surface area contributed by atoms with E-state index in [4.69, 9.17) is 9.57 Å². The normalized spacial score (nSPS) is 19.5. The molecule has 1 fully saturated rings. The molecular formula is C23H21N3O7S2. The molecule has 0 spiro atoms. The fraction of sp³-hybridized carbons (Fsp3) is 0.261. The number of thiophene rings is 1. The first-order chi connectivity index (χ1) is 16.9. The minimum Gasteiger partial charge on any atom is -0.477 e. The maximum Gasteiger partial charge on any atom is 0.352 e. The van der Waals surface area contributed by atoms with E-state index in [2.05, 4.69) is 10.5 Å². The molecule has 2 N–H and O–H groups in total. The van der Waals surface area contributed by atoms with E-state index in [1.54, 1.807) is 16.8 Å². The predicted octanol–water partition coefficient (Wildman–Crippen LogP) is 1.97. The fourth-order valence-electron chi connectivity index (χ4n) is 3.56. The van der Waals surface area contributed by atoms with Gasteiger partial charge in [-0.25, -0.2) is 4.79 Å². The zero-order valence-corrected chi connectivity index (χ0v) is 20.1. The number of oxime groups is 1. The molecule has 2 amide bonds. The second-order valence-electron chi connectivity index (χ2n) is 7.61. The van der Waals surface area contributed by atoms with Gasteiger partial charge in [0.2, 0.25) is 0 Å². The van der Waals surface area contributed by atoms with Crippen molar-refractivity contribution < 1.29 is 33.9 Å². The standard InChI is InChI=1S/C23H21N3O7S2/c1-13(27)32-10-16-12-35-22-18(21(29)26(22)19(16)23(30)31)24-20(28)17(15-7-8-34-11-15)25-33-9-14-5-3-2-4-6-14/h2-8,11,18,22H,9-10,12H2,1H3,(H,24,28)(H,30,31)/t18-,22+/m1/s1. The number of benzene rings is 1. The van der Waals surface area contributed by atoms with Gasteiger partial charge in [0.25, 0.3) is 11.8 Å². The van der Waals surface area contributed by atoms with Gasteiger partial charge in [0.15, 0.2) is 5.71 Å². The van der Waals surface area contributed by atoms with Gasteiger partial charge < -0.3 is 20.0 Å². The molecule has 0 saturated carbocycles. The number of hydrogen-bond acceptors (Lipinski definition) is 9. The van der Waals surface area contributed by atoms with Gasteiger partial charge in [-0.3, -0.25) is 19.3 Å². The van der Waals surface area contributed by atoms with Crippen molar-refractivity contribution in [3.05, 3.63) is 69.6 Å². The van der Waals surface area contributed by atoms with Crippen molar-refractivity contribution in [1.29, 1.82) is 0 Å². The topological polar surface area (TPSA) is 135 Å². The highest BCUT2D eigenvalue weighted by molar-refractivity contribution is 8.00. The minimum atomic E-state index is -1.30. The molecule has 182 valence electrons. The van der Waals surface area contributed by atoms with E-state index < -0.39 is 35.2 Å². The summed E-state index contributed by atoms with van der Waals surface area (Å²) in [6, 6.07) is 10.1. The first-order valence-corrected chi connectivity index (χ1v) is 12.5. The predicted molar refractivity (Wildman–Crippen MR) is 128 cm³/mol. The van der Waals surface area contributed by atoms with Crippen molar-refractivity contribution in [3.8, 4) is 0 Å². The maximum absolute atomic E-state index is 13.1. The second-order valence-corrected chi connectivity index (χ2v) is 9.49. The Morgan fingerprint density at radius 2 is 1.97 bits per heavy atom. The van der Waals surface area contributed by atoms with Crippen LogP contribution in [0, 0.1) is 0 Å². The lowest BCUT2D eigenvalue weighted by molar-refractivity contribution is -0.150. The lowest BCUT2D eigenvalue weighted by Gasteiger charge is -2.49. The van der Waals surface area contributed by atoms with Gasteiger partial charge in [0.05, 0.1) is 0 Å². The SMILES string of the molecule is CC(=O)OCC1=C(C(=O)O)N2C(=O)[C@@H](NC(=O)C(=NOCc3ccccc3)c3ccsc3)[C@@H]2SC1. The Morgan fingerprint density at radius 1 is 1.20 bits per heavy atom. The van der Waals surface area contributed by atoms with Gasteiger partial charge in [-0.15, -0.1) is 11.8 Å². The maximum atomic E-state index is 13.1. The molecule has 12 heteroatoms. The molecule has 0 aliphatic carbocycles. The fourth-order valence-corrected chi connectivity index (χ4v) is 5.53. The average Bonchev–Trinajstić information content (AvgIpc) is 3.38. The summed E-state index contributed by atoms with van der Waals surface area (Å²) in [5.74, 6) is -2.79. The first-order valence-electron chi connectivity index (χ1n) is 10.5. The zero-order valence-electron chi connectivity index (χ0n) is 18.5. The van der Waals surface area contributed by atoms with Crippen LogP contribution < -0.4 is 5.32 Å². The lowest BCUT2D eigenvalue weighted by atomic mass is 10.0. The van der Waals surface area contributed by atoms with Crippen molar-refractivity contribution in [2.45, 2.75) is 24.9 Å². The van der Waals surface area contributed by atoms with Gasteiger partial charge in [-0.1, -0.05) is 35.5 Å². The van der Waals surface area contributed by atoms with E-state index in [1.165, 1.54) is 30.0 Å². The van der Waals surface area contributed by atoms with Crippen molar-refractivity contribution in [2.24, 2.45) is 5.16 Å². The molecule has 1 aromatic heterocycles. The minimum absolute atomic E-state index is 0.0128. The van der Waals surface area contributed by atoms with E-state index in [0.717, 1.165) is 10.5 Å². The van der Waals surface area contributed by atoms with Gasteiger partial charge in [-0.2, -0.15) is 11.3 Å². The van der Waals surface area contributed by atoms with Crippen LogP contribution in [-0.2, 0) is 35.4 Å². The number of β-lactam (4-membered cyclic amide) rings is 1. The number of nitrogens with one attached hydrogen (secondary N) is 1. The zero-order chi connectivity index (χ0) is 24.9. The number of aliphatic carboxylic acids is 1. The van der Waals surface area contributed by atoms with Crippen LogP contribution in [0.2, 0.25) is 0 Å². The van der Waals surface area contributed by atoms with Gasteiger partial charge in [-0.05, 0) is 17.0 Å². The van der Waals surface area contributed by atoms with E-state index in [9.17, 15) is 24.3 Å². The lowest BCUT2D eigenvalue weighted by Crippen LogP contribution is -2.71. The largest absolute Gasteiger partial charge is 0.477 e. The van der Waals surface area contributed by atoms with Crippen LogP contribution in [0.3, 0.4) is 0 Å². The van der Waals surface area contributed by atoms with Gasteiger partial charge in [0, 0.05) is 29.2 Å². The number of thioether (sulfide) groups is 1. The van der Waals surface area contributed by atoms with E-state index in [-0.39, 0.29) is 30.4 Å². The van der Waals surface area contributed by atoms with Gasteiger partial charge in [0.1, 0.15) is 30.3 Å². The third kappa shape index (κ3) is 5.38. The number of carboxylic acid groups (broad SMARTS) is 1. The molecule has 0 unspecified atom stereocenters. The summed E-state index contributed by atoms with van der Waals surface area (Å²) in [5.41, 5.74) is 1.53. The van der Waals surface area contributed by atoms with Crippen molar-refractivity contribution >= 4 is 52.6 Å². The summed E-state index contributed by atoms with van der Waals surface area (Å²) in [4.78, 5) is 55.4. The molecule has 2 aliphatic rings. The molecule has 10 nitrogen and oxygen atoms in total. The van der Waals surface area contributed by atoms with Gasteiger partial charge >= 0.3 is 11.9 Å². The molecule has 2 aromatic rings. The second kappa shape index (κ2) is 10.7. The Labute approximate surface area is 208 Å². The highest BCUT2D eigenvalue weighted by atomic mass is 32.2. The van der Waals surface area contributed by atoms with E-state index in [1.807, 2.05) is 30.3 Å². The highest BCUT2D eigenvalue weighted by Crippen LogP contribution is 2.40. The Hall–Kier alpha value is -3.64. The first kappa shape index (κ1) is 24.5. The van der Waals surface area contributed by atoms with Crippen molar-refractivity contribution in [2.75, 3.05) is 12.4 Å². The number of carboxylic acids is 1. The molecule has 35 heavy (non-hydrogen) atoms. The van der Waals surface area contributed by atoms with Crippen LogP contribution in [0.25, 0.3) is 0 Å². The molecule has 1 aromatic carbocycles. The molecular weight excluding hydrogens is 494 g/mol. The quantitative estimate of drug-likeness (QED) is 0.224. The van der Waals surface area contributed by atoms with Crippen LogP contribution in [0.15, 0.2) is 63.6 Å². The number of fused-ring (bicyclic) bond motifs is 1. The van der Waals surface area contributed by atoms with Crippen LogP contribution in [0.1, 0.15) is 18.1 Å². The molecule has 2 aliphatic heterocycles. The van der Waals surface area contributed by atoms with Crippen molar-refractivity contribution in [1.82, 2.24) is 10.2 Å². The summed E-state index contributed by atoms with van der Waals surface area (Å²) in [5, 5.41) is 19.3. The molecule has 0 bridgehead atoms. The highest BCUT2D eigenvalue weighted by Gasteiger charge is 2.54. The molecule has 4 rings (SSSR count). The Kier molecular flexibility index (Phi) is 7.51. The number of carbonyl (C=O) groups excluding carboxylic acids is 3. The number of nitrogens with zero attached hydrogens (tertiary/aromatic N) is 2.